The summed E-state index contributed by atoms with van der Waals surface area (Å²) in [6.45, 7) is 0. The van der Waals surface area contributed by atoms with Crippen molar-refractivity contribution < 1.29 is 4.21 Å². The van der Waals surface area contributed by atoms with Gasteiger partial charge in [0.1, 0.15) is 5.52 Å². The molecule has 0 aliphatic heterocycles. The van der Waals surface area contributed by atoms with Crippen molar-refractivity contribution >= 4 is 38.6 Å². The van der Waals surface area contributed by atoms with Crippen molar-refractivity contribution in [2.75, 3.05) is 12.5 Å². The largest absolute Gasteiger partial charge is 0.338 e. The number of para-hydroxylation sites is 1. The van der Waals surface area contributed by atoms with Crippen molar-refractivity contribution in [3.8, 4) is 0 Å². The van der Waals surface area contributed by atoms with Crippen molar-refractivity contribution in [3.63, 3.8) is 0 Å². The Morgan fingerprint density at radius 3 is 2.80 bits per heavy atom. The number of aromatic amines is 1. The average molecular weight is 289 g/mol. The van der Waals surface area contributed by atoms with Crippen LogP contribution in [-0.4, -0.2) is 51.9 Å². The third-order valence-corrected chi connectivity index (χ3v) is 2.50. The summed E-state index contributed by atoms with van der Waals surface area (Å²) in [5, 5.41) is 16.3. The number of hydrogen-bond donors (Lipinski definition) is 1. The summed E-state index contributed by atoms with van der Waals surface area (Å²) in [6, 6.07) is 7.88. The molecule has 8 nitrogen and oxygen atoms in total. The molecule has 1 aromatic carbocycles. The second-order valence-corrected chi connectivity index (χ2v) is 5.67. The van der Waals surface area contributed by atoms with Gasteiger partial charge in [0.25, 0.3) is 5.78 Å². The van der Waals surface area contributed by atoms with Crippen LogP contribution in [0.5, 0.6) is 0 Å². The molecule has 102 valence electrons. The first-order valence-electron chi connectivity index (χ1n) is 5.73. The van der Waals surface area contributed by atoms with Crippen molar-refractivity contribution in [2.45, 2.75) is 0 Å². The van der Waals surface area contributed by atoms with Crippen molar-refractivity contribution in [1.29, 1.82) is 0 Å². The highest BCUT2D eigenvalue weighted by Gasteiger charge is 2.09. The topological polar surface area (TPSA) is 102 Å². The molecule has 0 unspecified atom stereocenters. The Balaban J connectivity index is 0.000000272. The molecule has 3 aromatic heterocycles. The number of benzene rings is 1. The van der Waals surface area contributed by atoms with Gasteiger partial charge in [-0.05, 0) is 16.5 Å². The van der Waals surface area contributed by atoms with Gasteiger partial charge >= 0.3 is 0 Å². The quantitative estimate of drug-likeness (QED) is 0.507. The number of H-pyrrole nitrogens is 1. The van der Waals surface area contributed by atoms with Gasteiger partial charge in [-0.2, -0.15) is 4.98 Å². The third-order valence-electron chi connectivity index (χ3n) is 2.50. The van der Waals surface area contributed by atoms with Crippen LogP contribution in [0.1, 0.15) is 0 Å². The van der Waals surface area contributed by atoms with Crippen molar-refractivity contribution in [2.24, 2.45) is 0 Å². The normalized spacial score (nSPS) is 11.2. The summed E-state index contributed by atoms with van der Waals surface area (Å²) >= 11 is 0. The highest BCUT2D eigenvalue weighted by molar-refractivity contribution is 7.83. The van der Waals surface area contributed by atoms with E-state index in [2.05, 4.69) is 30.6 Å². The molecule has 0 atom stereocenters. The Morgan fingerprint density at radius 1 is 1.25 bits per heavy atom. The van der Waals surface area contributed by atoms with Gasteiger partial charge in [0.2, 0.25) is 0 Å². The summed E-state index contributed by atoms with van der Waals surface area (Å²) in [5.41, 5.74) is 2.47. The molecule has 0 radical (unpaired) electrons. The number of nitrogens with one attached hydrogen (secondary N) is 1. The number of rotatable bonds is 0. The van der Waals surface area contributed by atoms with E-state index in [0.717, 1.165) is 16.4 Å². The lowest BCUT2D eigenvalue weighted by molar-refractivity contribution is 0.690. The van der Waals surface area contributed by atoms with E-state index in [1.165, 1.54) is 4.63 Å². The van der Waals surface area contributed by atoms with E-state index >= 15 is 0 Å². The fourth-order valence-corrected chi connectivity index (χ4v) is 1.80. The van der Waals surface area contributed by atoms with E-state index < -0.39 is 10.8 Å². The number of nitrogens with zero attached hydrogens (tertiary/aromatic N) is 6. The molecule has 3 heterocycles. The van der Waals surface area contributed by atoms with Crippen LogP contribution in [0.15, 0.2) is 24.3 Å². The molecule has 4 rings (SSSR count). The van der Waals surface area contributed by atoms with E-state index in [4.69, 9.17) is 0 Å². The summed E-state index contributed by atoms with van der Waals surface area (Å²) in [6.07, 6.45) is 3.28. The Kier molecular flexibility index (Phi) is 3.11. The molecule has 0 saturated heterocycles. The van der Waals surface area contributed by atoms with Crippen LogP contribution < -0.4 is 0 Å². The molecule has 4 aromatic rings. The van der Waals surface area contributed by atoms with Crippen molar-refractivity contribution in [3.05, 3.63) is 24.3 Å². The minimum absolute atomic E-state index is 0.388. The van der Waals surface area contributed by atoms with Crippen LogP contribution in [0.4, 0.5) is 0 Å². The molecule has 0 amide bonds. The first kappa shape index (κ1) is 12.6. The van der Waals surface area contributed by atoms with E-state index in [0.29, 0.717) is 11.4 Å². The van der Waals surface area contributed by atoms with Gasteiger partial charge in [0.15, 0.2) is 5.65 Å². The van der Waals surface area contributed by atoms with E-state index in [-0.39, 0.29) is 0 Å². The molecule has 0 bridgehead atoms. The zero-order valence-electron chi connectivity index (χ0n) is 10.8. The van der Waals surface area contributed by atoms with E-state index in [1.54, 1.807) is 12.5 Å². The van der Waals surface area contributed by atoms with Gasteiger partial charge in [0.05, 0.1) is 0 Å². The molecule has 1 N–H and O–H groups in total. The Bertz CT molecular complexity index is 909. The Labute approximate surface area is 115 Å². The van der Waals surface area contributed by atoms with Crippen LogP contribution in [-0.2, 0) is 10.8 Å². The number of aromatic nitrogens is 7. The average Bonchev–Trinajstić information content (AvgIpc) is 2.98. The molecule has 9 heteroatoms. The van der Waals surface area contributed by atoms with Gasteiger partial charge in [-0.1, -0.05) is 27.9 Å². The molecule has 0 aliphatic carbocycles. The predicted molar refractivity (Wildman–Crippen MR) is 75.7 cm³/mol. The second kappa shape index (κ2) is 4.93. The third kappa shape index (κ3) is 2.23. The Morgan fingerprint density at radius 2 is 2.00 bits per heavy atom. The van der Waals surface area contributed by atoms with Crippen LogP contribution in [0.2, 0.25) is 0 Å². The lowest BCUT2D eigenvalue weighted by Crippen LogP contribution is -1.96. The summed E-state index contributed by atoms with van der Waals surface area (Å²) in [4.78, 5) is 7.46. The molecular weight excluding hydrogens is 278 g/mol. The summed E-state index contributed by atoms with van der Waals surface area (Å²) in [5.74, 6) is 0.388. The first-order chi connectivity index (χ1) is 9.65. The van der Waals surface area contributed by atoms with Gasteiger partial charge in [-0.25, -0.2) is 0 Å². The highest BCUT2D eigenvalue weighted by Crippen LogP contribution is 2.21. The minimum Gasteiger partial charge on any atom is -0.338 e. The maximum Gasteiger partial charge on any atom is 0.293 e. The fourth-order valence-electron chi connectivity index (χ4n) is 1.80. The lowest BCUT2D eigenvalue weighted by atomic mass is 10.2. The Hall–Kier alpha value is -2.42. The molecule has 0 aliphatic rings. The van der Waals surface area contributed by atoms with Crippen LogP contribution >= 0.6 is 0 Å². The SMILES string of the molecule is CS(C)=O.c1ccc2c(c1)[nH]c1nc3nnnn3nc12. The zero-order valence-corrected chi connectivity index (χ0v) is 11.6. The van der Waals surface area contributed by atoms with Gasteiger partial charge in [0, 0.05) is 34.2 Å². The molecule has 0 fully saturated rings. The highest BCUT2D eigenvalue weighted by atomic mass is 32.2. The van der Waals surface area contributed by atoms with Gasteiger partial charge in [-0.15, -0.1) is 5.10 Å². The maximum absolute atomic E-state index is 9.56. The fraction of sp³-hybridized carbons (Fsp3) is 0.182. The molecule has 0 spiro atoms. The van der Waals surface area contributed by atoms with Crippen LogP contribution in [0.3, 0.4) is 0 Å². The van der Waals surface area contributed by atoms with Crippen LogP contribution in [0, 0.1) is 0 Å². The molecule has 20 heavy (non-hydrogen) atoms. The monoisotopic (exact) mass is 289 g/mol. The van der Waals surface area contributed by atoms with Crippen molar-refractivity contribution in [1.82, 2.24) is 35.2 Å². The first-order valence-corrected chi connectivity index (χ1v) is 7.69. The zero-order chi connectivity index (χ0) is 14.1. The minimum atomic E-state index is -0.611. The molecular formula is C11H11N7OS. The molecule has 0 saturated carbocycles. The summed E-state index contributed by atoms with van der Waals surface area (Å²) < 4.78 is 10.9. The number of tetrazole rings is 1. The summed E-state index contributed by atoms with van der Waals surface area (Å²) in [7, 11) is -0.611. The standard InChI is InChI=1S/C9H5N7.C2H6OS/c1-2-4-6-5(3-1)7-8(10-6)11-9-12-14-15-16(9)13-7;1-4(2)3/h1-4H,(H,10,11,12,15);1-2H3. The van der Waals surface area contributed by atoms with Crippen LogP contribution in [0.25, 0.3) is 27.8 Å². The lowest BCUT2D eigenvalue weighted by Gasteiger charge is -1.89. The van der Waals surface area contributed by atoms with Gasteiger partial charge in [-0.3, -0.25) is 4.21 Å². The second-order valence-electron chi connectivity index (χ2n) is 4.19. The maximum atomic E-state index is 9.56. The predicted octanol–water partition coefficient (Wildman–Crippen LogP) is 0.543. The number of hydrogen-bond acceptors (Lipinski definition) is 6. The van der Waals surface area contributed by atoms with E-state index in [1.807, 2.05) is 24.3 Å². The van der Waals surface area contributed by atoms with E-state index in [9.17, 15) is 4.21 Å². The smallest absolute Gasteiger partial charge is 0.293 e. The van der Waals surface area contributed by atoms with Gasteiger partial charge < -0.3 is 4.98 Å². The number of fused-ring (bicyclic) bond motifs is 4.